The maximum absolute atomic E-state index is 5.39. The Kier molecular flexibility index (Phi) is 4.81. The highest BCUT2D eigenvalue weighted by atomic mass is 16.5. The first-order valence-corrected chi connectivity index (χ1v) is 7.63. The van der Waals surface area contributed by atoms with Crippen molar-refractivity contribution in [3.05, 3.63) is 59.9 Å². The Hall–Kier alpha value is -2.80. The van der Waals surface area contributed by atoms with Crippen LogP contribution in [0.4, 0.5) is 0 Å². The van der Waals surface area contributed by atoms with Gasteiger partial charge in [-0.15, -0.1) is 0 Å². The number of H-pyrrole nitrogens is 1. The molecule has 24 heavy (non-hydrogen) atoms. The summed E-state index contributed by atoms with van der Waals surface area (Å²) < 4.78 is 12.8. The zero-order valence-electron chi connectivity index (χ0n) is 14.0. The lowest BCUT2D eigenvalue weighted by Crippen LogP contribution is -2.25. The lowest BCUT2D eigenvalue weighted by Gasteiger charge is -2.20. The van der Waals surface area contributed by atoms with Gasteiger partial charge in [0.2, 0.25) is 0 Å². The number of imidazole rings is 1. The zero-order chi connectivity index (χ0) is 16.9. The highest BCUT2D eigenvalue weighted by molar-refractivity contribution is 5.41. The van der Waals surface area contributed by atoms with E-state index in [9.17, 15) is 0 Å². The van der Waals surface area contributed by atoms with Crippen molar-refractivity contribution in [2.24, 2.45) is 7.05 Å². The van der Waals surface area contributed by atoms with Gasteiger partial charge in [0.05, 0.1) is 20.3 Å². The fourth-order valence-electron chi connectivity index (χ4n) is 2.60. The molecule has 7 nitrogen and oxygen atoms in total. The molecule has 1 atom stereocenters. The highest BCUT2D eigenvalue weighted by Crippen LogP contribution is 2.29. The summed E-state index contributed by atoms with van der Waals surface area (Å²) in [5.74, 6) is 2.39. The standard InChI is InChI=1S/C17H21N5O2/c1-22-7-6-18-17(22)16(19-11-13-4-5-20-21-13)12-8-14(23-2)10-15(9-12)24-3/h4-10,16,19H,11H2,1-3H3,(H,20,21). The maximum atomic E-state index is 5.39. The van der Waals surface area contributed by atoms with Crippen LogP contribution in [-0.4, -0.2) is 34.0 Å². The molecule has 1 unspecified atom stereocenters. The van der Waals surface area contributed by atoms with E-state index < -0.39 is 0 Å². The van der Waals surface area contributed by atoms with Gasteiger partial charge >= 0.3 is 0 Å². The highest BCUT2D eigenvalue weighted by Gasteiger charge is 2.20. The van der Waals surface area contributed by atoms with Crippen molar-refractivity contribution < 1.29 is 9.47 Å². The van der Waals surface area contributed by atoms with E-state index in [1.807, 2.05) is 42.1 Å². The topological polar surface area (TPSA) is 77.0 Å². The minimum absolute atomic E-state index is 0.114. The molecule has 1 aromatic carbocycles. The number of aromatic amines is 1. The second kappa shape index (κ2) is 7.18. The van der Waals surface area contributed by atoms with Gasteiger partial charge in [0.1, 0.15) is 17.3 Å². The Bertz CT molecular complexity index is 760. The number of benzene rings is 1. The summed E-state index contributed by atoms with van der Waals surface area (Å²) in [6, 6.07) is 7.66. The monoisotopic (exact) mass is 327 g/mol. The summed E-state index contributed by atoms with van der Waals surface area (Å²) in [5.41, 5.74) is 2.02. The SMILES string of the molecule is COc1cc(OC)cc(C(NCc2ccn[nH]2)c2nccn2C)c1. The number of methoxy groups -OCH3 is 2. The number of hydrogen-bond acceptors (Lipinski definition) is 5. The number of ether oxygens (including phenoxy) is 2. The van der Waals surface area contributed by atoms with Crippen LogP contribution in [0.15, 0.2) is 42.9 Å². The lowest BCUT2D eigenvalue weighted by molar-refractivity contribution is 0.392. The minimum Gasteiger partial charge on any atom is -0.497 e. The summed E-state index contributed by atoms with van der Waals surface area (Å²) in [4.78, 5) is 4.50. The van der Waals surface area contributed by atoms with E-state index in [1.54, 1.807) is 26.6 Å². The number of aryl methyl sites for hydroxylation is 1. The molecule has 3 aromatic rings. The second-order valence-corrected chi connectivity index (χ2v) is 5.44. The Balaban J connectivity index is 1.96. The van der Waals surface area contributed by atoms with Crippen LogP contribution in [0, 0.1) is 0 Å². The molecule has 0 radical (unpaired) electrons. The van der Waals surface area contributed by atoms with Crippen LogP contribution in [0.5, 0.6) is 11.5 Å². The third-order valence-electron chi connectivity index (χ3n) is 3.88. The first-order chi connectivity index (χ1) is 11.7. The molecule has 2 aromatic heterocycles. The molecular weight excluding hydrogens is 306 g/mol. The number of nitrogens with one attached hydrogen (secondary N) is 2. The summed E-state index contributed by atoms with van der Waals surface area (Å²) >= 11 is 0. The Morgan fingerprint density at radius 2 is 1.92 bits per heavy atom. The maximum Gasteiger partial charge on any atom is 0.130 e. The molecule has 0 saturated carbocycles. The van der Waals surface area contributed by atoms with Gasteiger partial charge in [-0.3, -0.25) is 10.4 Å². The van der Waals surface area contributed by atoms with Crippen molar-refractivity contribution in [1.29, 1.82) is 0 Å². The average Bonchev–Trinajstić information content (AvgIpc) is 3.27. The van der Waals surface area contributed by atoms with Crippen molar-refractivity contribution in [2.75, 3.05) is 14.2 Å². The predicted octanol–water partition coefficient (Wildman–Crippen LogP) is 2.04. The molecule has 2 heterocycles. The molecule has 0 fully saturated rings. The van der Waals surface area contributed by atoms with Gasteiger partial charge in [-0.2, -0.15) is 5.10 Å². The van der Waals surface area contributed by atoms with E-state index in [2.05, 4.69) is 20.5 Å². The van der Waals surface area contributed by atoms with Gasteiger partial charge in [0.15, 0.2) is 0 Å². The second-order valence-electron chi connectivity index (χ2n) is 5.44. The van der Waals surface area contributed by atoms with Gasteiger partial charge in [-0.1, -0.05) is 0 Å². The largest absolute Gasteiger partial charge is 0.497 e. The first-order valence-electron chi connectivity index (χ1n) is 7.63. The van der Waals surface area contributed by atoms with Gasteiger partial charge in [0, 0.05) is 43.9 Å². The smallest absolute Gasteiger partial charge is 0.130 e. The van der Waals surface area contributed by atoms with Crippen LogP contribution in [0.2, 0.25) is 0 Å². The van der Waals surface area contributed by atoms with Crippen LogP contribution >= 0.6 is 0 Å². The molecule has 2 N–H and O–H groups in total. The van der Waals surface area contributed by atoms with Crippen LogP contribution in [0.1, 0.15) is 23.1 Å². The number of hydrogen-bond donors (Lipinski definition) is 2. The van der Waals surface area contributed by atoms with E-state index in [0.29, 0.717) is 6.54 Å². The quantitative estimate of drug-likeness (QED) is 0.694. The van der Waals surface area contributed by atoms with Crippen LogP contribution < -0.4 is 14.8 Å². The predicted molar refractivity (Wildman–Crippen MR) is 90.0 cm³/mol. The van der Waals surface area contributed by atoms with Crippen LogP contribution in [0.25, 0.3) is 0 Å². The molecule has 0 saturated heterocycles. The van der Waals surface area contributed by atoms with E-state index in [0.717, 1.165) is 28.6 Å². The summed E-state index contributed by atoms with van der Waals surface area (Å²) in [6.07, 6.45) is 5.45. The fraction of sp³-hybridized carbons (Fsp3) is 0.294. The Morgan fingerprint density at radius 3 is 2.46 bits per heavy atom. The van der Waals surface area contributed by atoms with E-state index in [4.69, 9.17) is 9.47 Å². The minimum atomic E-state index is -0.114. The zero-order valence-corrected chi connectivity index (χ0v) is 14.0. The summed E-state index contributed by atoms with van der Waals surface area (Å²) in [6.45, 7) is 0.636. The fourth-order valence-corrected chi connectivity index (χ4v) is 2.60. The normalized spacial score (nSPS) is 12.1. The molecule has 0 amide bonds. The van der Waals surface area contributed by atoms with Gasteiger partial charge < -0.3 is 14.0 Å². The summed E-state index contributed by atoms with van der Waals surface area (Å²) in [7, 11) is 5.27. The first kappa shape index (κ1) is 16.1. The molecule has 0 bridgehead atoms. The van der Waals surface area contributed by atoms with Crippen LogP contribution in [-0.2, 0) is 13.6 Å². The van der Waals surface area contributed by atoms with Crippen molar-refractivity contribution in [2.45, 2.75) is 12.6 Å². The number of rotatable bonds is 7. The van der Waals surface area contributed by atoms with Gasteiger partial charge in [-0.05, 0) is 23.8 Å². The van der Waals surface area contributed by atoms with Gasteiger partial charge in [0.25, 0.3) is 0 Å². The molecule has 0 aliphatic rings. The third kappa shape index (κ3) is 3.41. The molecule has 0 aliphatic carbocycles. The third-order valence-corrected chi connectivity index (χ3v) is 3.88. The molecule has 0 spiro atoms. The van der Waals surface area contributed by atoms with Crippen molar-refractivity contribution in [1.82, 2.24) is 25.1 Å². The molecule has 3 rings (SSSR count). The lowest BCUT2D eigenvalue weighted by atomic mass is 10.0. The van der Waals surface area contributed by atoms with E-state index >= 15 is 0 Å². The van der Waals surface area contributed by atoms with Crippen molar-refractivity contribution >= 4 is 0 Å². The van der Waals surface area contributed by atoms with Crippen molar-refractivity contribution in [3.63, 3.8) is 0 Å². The number of nitrogens with zero attached hydrogens (tertiary/aromatic N) is 3. The molecular formula is C17H21N5O2. The molecule has 7 heteroatoms. The Labute approximate surface area is 140 Å². The van der Waals surface area contributed by atoms with Crippen LogP contribution in [0.3, 0.4) is 0 Å². The van der Waals surface area contributed by atoms with Crippen molar-refractivity contribution in [3.8, 4) is 11.5 Å². The summed E-state index contributed by atoms with van der Waals surface area (Å²) in [5, 5.41) is 10.5. The van der Waals surface area contributed by atoms with E-state index in [-0.39, 0.29) is 6.04 Å². The Morgan fingerprint density at radius 1 is 1.17 bits per heavy atom. The molecule has 126 valence electrons. The molecule has 0 aliphatic heterocycles. The van der Waals surface area contributed by atoms with Gasteiger partial charge in [-0.25, -0.2) is 4.98 Å². The average molecular weight is 327 g/mol. The van der Waals surface area contributed by atoms with E-state index in [1.165, 1.54) is 0 Å². The number of aromatic nitrogens is 4.